The van der Waals surface area contributed by atoms with Gasteiger partial charge in [-0.1, -0.05) is 0 Å². The van der Waals surface area contributed by atoms with E-state index in [2.05, 4.69) is 37.5 Å². The fourth-order valence-electron chi connectivity index (χ4n) is 2.05. The molecular weight excluding hydrogens is 268 g/mol. The maximum absolute atomic E-state index is 4.25. The summed E-state index contributed by atoms with van der Waals surface area (Å²) in [7, 11) is 1.93. The van der Waals surface area contributed by atoms with Crippen molar-refractivity contribution in [2.75, 3.05) is 5.32 Å². The molecule has 0 radical (unpaired) electrons. The van der Waals surface area contributed by atoms with Crippen LogP contribution in [0.5, 0.6) is 0 Å². The number of rotatable bonds is 5. The molecule has 1 atom stereocenters. The molecule has 108 valence electrons. The lowest BCUT2D eigenvalue weighted by molar-refractivity contribution is 0.558. The Hall–Kier alpha value is -2.77. The first-order valence-electron chi connectivity index (χ1n) is 6.63. The average Bonchev–Trinajstić information content (AvgIpc) is 3.11. The zero-order chi connectivity index (χ0) is 14.7. The zero-order valence-electron chi connectivity index (χ0n) is 11.9. The van der Waals surface area contributed by atoms with Gasteiger partial charge in [0.2, 0.25) is 0 Å². The van der Waals surface area contributed by atoms with Gasteiger partial charge in [-0.05, 0) is 19.1 Å². The number of aromatic nitrogens is 7. The van der Waals surface area contributed by atoms with E-state index in [1.54, 1.807) is 17.2 Å². The Morgan fingerprint density at radius 3 is 2.81 bits per heavy atom. The van der Waals surface area contributed by atoms with Gasteiger partial charge in [-0.3, -0.25) is 4.68 Å². The number of hydrogen-bond acceptors (Lipinski definition) is 6. The topological polar surface area (TPSA) is 86.3 Å². The lowest BCUT2D eigenvalue weighted by Gasteiger charge is -2.13. The van der Waals surface area contributed by atoms with Crippen molar-refractivity contribution in [3.05, 3.63) is 37.2 Å². The van der Waals surface area contributed by atoms with Crippen LogP contribution in [0, 0.1) is 0 Å². The van der Waals surface area contributed by atoms with Crippen LogP contribution in [0.3, 0.4) is 0 Å². The van der Waals surface area contributed by atoms with Crippen molar-refractivity contribution in [3.8, 4) is 11.5 Å². The van der Waals surface area contributed by atoms with Gasteiger partial charge < -0.3 is 9.88 Å². The van der Waals surface area contributed by atoms with Crippen LogP contribution in [0.1, 0.15) is 6.92 Å². The molecule has 0 aliphatic rings. The van der Waals surface area contributed by atoms with Gasteiger partial charge in [0.1, 0.15) is 24.2 Å². The van der Waals surface area contributed by atoms with Gasteiger partial charge in [-0.25, -0.2) is 9.97 Å². The van der Waals surface area contributed by atoms with E-state index >= 15 is 0 Å². The molecule has 1 N–H and O–H groups in total. The molecule has 0 saturated carbocycles. The molecule has 0 bridgehead atoms. The second kappa shape index (κ2) is 5.70. The molecule has 3 aromatic heterocycles. The minimum Gasteiger partial charge on any atom is -0.364 e. The second-order valence-electron chi connectivity index (χ2n) is 4.83. The number of imidazole rings is 1. The van der Waals surface area contributed by atoms with Crippen molar-refractivity contribution in [2.45, 2.75) is 19.5 Å². The van der Waals surface area contributed by atoms with E-state index in [-0.39, 0.29) is 6.04 Å². The Morgan fingerprint density at radius 2 is 2.19 bits per heavy atom. The van der Waals surface area contributed by atoms with Crippen LogP contribution >= 0.6 is 0 Å². The highest BCUT2D eigenvalue weighted by molar-refractivity contribution is 5.51. The molecule has 21 heavy (non-hydrogen) atoms. The normalized spacial score (nSPS) is 12.3. The summed E-state index contributed by atoms with van der Waals surface area (Å²) in [6.45, 7) is 2.76. The van der Waals surface area contributed by atoms with Crippen molar-refractivity contribution in [1.82, 2.24) is 34.5 Å². The summed E-state index contributed by atoms with van der Waals surface area (Å²) in [4.78, 5) is 8.17. The Bertz CT molecular complexity index is 685. The largest absolute Gasteiger partial charge is 0.364 e. The third kappa shape index (κ3) is 3.04. The van der Waals surface area contributed by atoms with Crippen molar-refractivity contribution >= 4 is 5.82 Å². The SMILES string of the molecule is C[C@H](Cn1cncn1)Nc1ccc(-c2nccn2C)nn1. The summed E-state index contributed by atoms with van der Waals surface area (Å²) < 4.78 is 3.68. The molecule has 0 saturated heterocycles. The molecular formula is C13H16N8. The van der Waals surface area contributed by atoms with Gasteiger partial charge in [-0.15, -0.1) is 10.2 Å². The van der Waals surface area contributed by atoms with E-state index in [1.165, 1.54) is 6.33 Å². The van der Waals surface area contributed by atoms with E-state index < -0.39 is 0 Å². The monoisotopic (exact) mass is 284 g/mol. The Morgan fingerprint density at radius 1 is 1.29 bits per heavy atom. The summed E-state index contributed by atoms with van der Waals surface area (Å²) in [6.07, 6.45) is 6.83. The van der Waals surface area contributed by atoms with Gasteiger partial charge in [0, 0.05) is 25.5 Å². The van der Waals surface area contributed by atoms with Crippen molar-refractivity contribution in [2.24, 2.45) is 7.05 Å². The zero-order valence-corrected chi connectivity index (χ0v) is 11.9. The first kappa shape index (κ1) is 13.2. The lowest BCUT2D eigenvalue weighted by atomic mass is 10.3. The van der Waals surface area contributed by atoms with Crippen LogP contribution in [0.25, 0.3) is 11.5 Å². The van der Waals surface area contributed by atoms with Gasteiger partial charge in [0.05, 0.1) is 6.54 Å². The molecule has 0 unspecified atom stereocenters. The van der Waals surface area contributed by atoms with Crippen molar-refractivity contribution in [3.63, 3.8) is 0 Å². The Balaban J connectivity index is 1.66. The fourth-order valence-corrected chi connectivity index (χ4v) is 2.05. The first-order valence-corrected chi connectivity index (χ1v) is 6.63. The highest BCUT2D eigenvalue weighted by atomic mass is 15.3. The number of nitrogens with zero attached hydrogens (tertiary/aromatic N) is 7. The second-order valence-corrected chi connectivity index (χ2v) is 4.83. The smallest absolute Gasteiger partial charge is 0.160 e. The fraction of sp³-hybridized carbons (Fsp3) is 0.308. The predicted molar refractivity (Wildman–Crippen MR) is 77.3 cm³/mol. The third-order valence-electron chi connectivity index (χ3n) is 3.04. The highest BCUT2D eigenvalue weighted by Crippen LogP contribution is 2.14. The van der Waals surface area contributed by atoms with Crippen LogP contribution in [-0.2, 0) is 13.6 Å². The van der Waals surface area contributed by atoms with E-state index in [0.29, 0.717) is 6.54 Å². The highest BCUT2D eigenvalue weighted by Gasteiger charge is 2.08. The standard InChI is InChI=1S/C13H16N8/c1-10(7-21-9-14-8-16-21)17-12-4-3-11(18-19-12)13-15-5-6-20(13)2/h3-6,8-10H,7H2,1-2H3,(H,17,19)/t10-/m1/s1. The Kier molecular flexibility index (Phi) is 3.59. The van der Waals surface area contributed by atoms with Crippen LogP contribution in [0.4, 0.5) is 5.82 Å². The number of nitrogens with one attached hydrogen (secondary N) is 1. The van der Waals surface area contributed by atoms with Gasteiger partial charge >= 0.3 is 0 Å². The molecule has 0 amide bonds. The van der Waals surface area contributed by atoms with Gasteiger partial charge in [-0.2, -0.15) is 5.10 Å². The van der Waals surface area contributed by atoms with Gasteiger partial charge in [0.15, 0.2) is 5.82 Å². The van der Waals surface area contributed by atoms with Crippen LogP contribution in [-0.4, -0.2) is 40.6 Å². The third-order valence-corrected chi connectivity index (χ3v) is 3.04. The molecule has 0 aliphatic heterocycles. The molecule has 3 rings (SSSR count). The molecule has 0 spiro atoms. The molecule has 8 nitrogen and oxygen atoms in total. The van der Waals surface area contributed by atoms with E-state index in [9.17, 15) is 0 Å². The lowest BCUT2D eigenvalue weighted by Crippen LogP contribution is -2.23. The summed E-state index contributed by atoms with van der Waals surface area (Å²) in [5, 5.41) is 15.7. The molecule has 3 heterocycles. The summed E-state index contributed by atoms with van der Waals surface area (Å²) in [5.74, 6) is 1.52. The maximum Gasteiger partial charge on any atom is 0.160 e. The minimum atomic E-state index is 0.167. The van der Waals surface area contributed by atoms with Gasteiger partial charge in [0.25, 0.3) is 0 Å². The predicted octanol–water partition coefficient (Wildman–Crippen LogP) is 0.969. The van der Waals surface area contributed by atoms with E-state index in [0.717, 1.165) is 17.3 Å². The molecule has 0 aliphatic carbocycles. The number of aryl methyl sites for hydroxylation is 1. The van der Waals surface area contributed by atoms with Crippen molar-refractivity contribution in [1.29, 1.82) is 0 Å². The number of hydrogen-bond donors (Lipinski definition) is 1. The van der Waals surface area contributed by atoms with E-state index in [1.807, 2.05) is 29.9 Å². The number of anilines is 1. The molecule has 3 aromatic rings. The van der Waals surface area contributed by atoms with Crippen LogP contribution in [0.2, 0.25) is 0 Å². The quantitative estimate of drug-likeness (QED) is 0.751. The average molecular weight is 284 g/mol. The Labute approximate surface area is 121 Å². The molecule has 8 heteroatoms. The summed E-state index contributed by atoms with van der Waals surface area (Å²) >= 11 is 0. The van der Waals surface area contributed by atoms with Crippen LogP contribution < -0.4 is 5.32 Å². The van der Waals surface area contributed by atoms with Crippen LogP contribution in [0.15, 0.2) is 37.2 Å². The summed E-state index contributed by atoms with van der Waals surface area (Å²) in [6, 6.07) is 3.97. The first-order chi connectivity index (χ1) is 10.2. The van der Waals surface area contributed by atoms with E-state index in [4.69, 9.17) is 0 Å². The summed E-state index contributed by atoms with van der Waals surface area (Å²) in [5.41, 5.74) is 0.747. The maximum atomic E-state index is 4.25. The minimum absolute atomic E-state index is 0.167. The van der Waals surface area contributed by atoms with Crippen molar-refractivity contribution < 1.29 is 0 Å². The molecule has 0 aromatic carbocycles. The molecule has 0 fully saturated rings.